The molecule has 0 unspecified atom stereocenters. The Kier molecular flexibility index (Phi) is 13.6. The fraction of sp³-hybridized carbons (Fsp3) is 0.552. The molecular formula is C29H39F3O4. The van der Waals surface area contributed by atoms with Crippen LogP contribution in [0.1, 0.15) is 77.2 Å². The number of ether oxygens (including phenoxy) is 3. The fourth-order valence-electron chi connectivity index (χ4n) is 3.71. The number of hydrogen-bond donors (Lipinski definition) is 0. The molecule has 200 valence electrons. The number of unbranched alkanes of at least 4 members (excludes halogenated alkanes) is 5. The van der Waals surface area contributed by atoms with Crippen LogP contribution in [-0.4, -0.2) is 38.3 Å². The lowest BCUT2D eigenvalue weighted by atomic mass is 9.97. The van der Waals surface area contributed by atoms with E-state index < -0.39 is 30.2 Å². The van der Waals surface area contributed by atoms with Crippen molar-refractivity contribution in [1.29, 1.82) is 0 Å². The number of alkyl halides is 2. The van der Waals surface area contributed by atoms with Crippen molar-refractivity contribution < 1.29 is 32.2 Å². The molecule has 2 atom stereocenters. The summed E-state index contributed by atoms with van der Waals surface area (Å²) in [5.41, 5.74) is 1.68. The lowest BCUT2D eigenvalue weighted by Gasteiger charge is -2.17. The number of carbonyl (C=O) groups is 1. The normalized spacial score (nSPS) is 13.1. The van der Waals surface area contributed by atoms with E-state index in [0.717, 1.165) is 44.9 Å². The molecule has 0 bridgehead atoms. The van der Waals surface area contributed by atoms with Gasteiger partial charge < -0.3 is 14.2 Å². The molecular weight excluding hydrogens is 469 g/mol. The molecule has 2 aromatic carbocycles. The van der Waals surface area contributed by atoms with E-state index in [1.54, 1.807) is 37.3 Å². The van der Waals surface area contributed by atoms with Crippen molar-refractivity contribution in [3.8, 4) is 16.9 Å². The molecule has 0 aliphatic rings. The predicted molar refractivity (Wildman–Crippen MR) is 136 cm³/mol. The fourth-order valence-corrected chi connectivity index (χ4v) is 3.71. The van der Waals surface area contributed by atoms with E-state index in [-0.39, 0.29) is 12.4 Å². The van der Waals surface area contributed by atoms with Crippen molar-refractivity contribution in [2.75, 3.05) is 19.8 Å². The van der Waals surface area contributed by atoms with Gasteiger partial charge in [-0.2, -0.15) is 0 Å². The van der Waals surface area contributed by atoms with Gasteiger partial charge in [0.2, 0.25) is 6.43 Å². The smallest absolute Gasteiger partial charge is 0.340 e. The number of benzene rings is 2. The Morgan fingerprint density at radius 3 is 2.14 bits per heavy atom. The van der Waals surface area contributed by atoms with Gasteiger partial charge in [-0.05, 0) is 48.6 Å². The zero-order chi connectivity index (χ0) is 26.3. The summed E-state index contributed by atoms with van der Waals surface area (Å²) in [7, 11) is 0. The SMILES string of the molecule is CCCCCCOC[C@@H](c1ccc(-c2ccc(OC(=O)[C@@H](C)OCCCCC)c(F)c2)cc1)C(F)F. The van der Waals surface area contributed by atoms with E-state index >= 15 is 0 Å². The summed E-state index contributed by atoms with van der Waals surface area (Å²) in [6.07, 6.45) is 3.68. The van der Waals surface area contributed by atoms with Gasteiger partial charge in [0.15, 0.2) is 17.7 Å². The van der Waals surface area contributed by atoms with Gasteiger partial charge in [0.05, 0.1) is 12.5 Å². The molecule has 7 heteroatoms. The molecule has 2 aromatic rings. The van der Waals surface area contributed by atoms with Gasteiger partial charge in [-0.25, -0.2) is 18.0 Å². The van der Waals surface area contributed by atoms with Crippen LogP contribution in [0.4, 0.5) is 13.2 Å². The summed E-state index contributed by atoms with van der Waals surface area (Å²) < 4.78 is 58.0. The minimum Gasteiger partial charge on any atom is -0.421 e. The van der Waals surface area contributed by atoms with Gasteiger partial charge in [-0.3, -0.25) is 0 Å². The highest BCUT2D eigenvalue weighted by atomic mass is 19.3. The van der Waals surface area contributed by atoms with Crippen LogP contribution in [0, 0.1) is 5.82 Å². The van der Waals surface area contributed by atoms with Crippen LogP contribution >= 0.6 is 0 Å². The Morgan fingerprint density at radius 2 is 1.50 bits per heavy atom. The average molecular weight is 509 g/mol. The molecule has 0 amide bonds. The number of halogens is 3. The molecule has 36 heavy (non-hydrogen) atoms. The molecule has 0 heterocycles. The van der Waals surface area contributed by atoms with Gasteiger partial charge >= 0.3 is 5.97 Å². The van der Waals surface area contributed by atoms with Gasteiger partial charge in [0.1, 0.15) is 0 Å². The van der Waals surface area contributed by atoms with Crippen molar-refractivity contribution in [1.82, 2.24) is 0 Å². The van der Waals surface area contributed by atoms with Gasteiger partial charge in [-0.15, -0.1) is 0 Å². The van der Waals surface area contributed by atoms with Crippen molar-refractivity contribution in [2.45, 2.75) is 84.2 Å². The lowest BCUT2D eigenvalue weighted by molar-refractivity contribution is -0.146. The summed E-state index contributed by atoms with van der Waals surface area (Å²) in [5, 5.41) is 0. The van der Waals surface area contributed by atoms with E-state index in [0.29, 0.717) is 29.9 Å². The van der Waals surface area contributed by atoms with E-state index in [2.05, 4.69) is 13.8 Å². The number of hydrogen-bond acceptors (Lipinski definition) is 4. The number of rotatable bonds is 17. The molecule has 0 radical (unpaired) electrons. The Balaban J connectivity index is 1.96. The first-order valence-electron chi connectivity index (χ1n) is 13.0. The van der Waals surface area contributed by atoms with Crippen molar-refractivity contribution >= 4 is 5.97 Å². The maximum absolute atomic E-state index is 14.6. The zero-order valence-corrected chi connectivity index (χ0v) is 21.6. The lowest BCUT2D eigenvalue weighted by Crippen LogP contribution is -2.26. The van der Waals surface area contributed by atoms with Crippen LogP contribution in [0.15, 0.2) is 42.5 Å². The molecule has 0 aliphatic carbocycles. The molecule has 0 N–H and O–H groups in total. The van der Waals surface area contributed by atoms with Crippen molar-refractivity contribution in [2.24, 2.45) is 0 Å². The quantitative estimate of drug-likeness (QED) is 0.124. The highest BCUT2D eigenvalue weighted by molar-refractivity contribution is 5.77. The van der Waals surface area contributed by atoms with E-state index in [9.17, 15) is 18.0 Å². The Hall–Kier alpha value is -2.38. The average Bonchev–Trinajstić information content (AvgIpc) is 2.87. The molecule has 0 saturated carbocycles. The Morgan fingerprint density at radius 1 is 0.861 bits per heavy atom. The minimum absolute atomic E-state index is 0.0431. The summed E-state index contributed by atoms with van der Waals surface area (Å²) >= 11 is 0. The third-order valence-corrected chi connectivity index (χ3v) is 6.01. The highest BCUT2D eigenvalue weighted by Crippen LogP contribution is 2.29. The minimum atomic E-state index is -2.55. The van der Waals surface area contributed by atoms with Crippen LogP contribution in [0.2, 0.25) is 0 Å². The summed E-state index contributed by atoms with van der Waals surface area (Å²) in [6.45, 7) is 6.64. The van der Waals surface area contributed by atoms with Crippen LogP contribution in [0.3, 0.4) is 0 Å². The van der Waals surface area contributed by atoms with E-state index in [1.807, 2.05) is 0 Å². The maximum atomic E-state index is 14.6. The first kappa shape index (κ1) is 29.8. The van der Waals surface area contributed by atoms with Crippen LogP contribution in [-0.2, 0) is 14.3 Å². The predicted octanol–water partition coefficient (Wildman–Crippen LogP) is 7.94. The first-order chi connectivity index (χ1) is 17.4. The van der Waals surface area contributed by atoms with Gasteiger partial charge in [0.25, 0.3) is 0 Å². The van der Waals surface area contributed by atoms with Crippen molar-refractivity contribution in [3.63, 3.8) is 0 Å². The van der Waals surface area contributed by atoms with E-state index in [1.165, 1.54) is 12.1 Å². The topological polar surface area (TPSA) is 44.8 Å². The molecule has 2 rings (SSSR count). The second kappa shape index (κ2) is 16.4. The summed E-state index contributed by atoms with van der Waals surface area (Å²) in [6, 6.07) is 10.9. The van der Waals surface area contributed by atoms with Gasteiger partial charge in [0, 0.05) is 13.2 Å². The monoisotopic (exact) mass is 508 g/mol. The second-order valence-electron chi connectivity index (χ2n) is 8.98. The summed E-state index contributed by atoms with van der Waals surface area (Å²) in [4.78, 5) is 12.2. The Labute approximate surface area is 213 Å². The largest absolute Gasteiger partial charge is 0.421 e. The third-order valence-electron chi connectivity index (χ3n) is 6.01. The van der Waals surface area contributed by atoms with Gasteiger partial charge in [-0.1, -0.05) is 76.3 Å². The molecule has 0 spiro atoms. The van der Waals surface area contributed by atoms with Crippen molar-refractivity contribution in [3.05, 3.63) is 53.8 Å². The number of carbonyl (C=O) groups excluding carboxylic acids is 1. The zero-order valence-electron chi connectivity index (χ0n) is 21.6. The molecule has 0 fully saturated rings. The third kappa shape index (κ3) is 9.94. The van der Waals surface area contributed by atoms with E-state index in [4.69, 9.17) is 14.2 Å². The molecule has 0 aliphatic heterocycles. The number of esters is 1. The Bertz CT molecular complexity index is 902. The summed E-state index contributed by atoms with van der Waals surface area (Å²) in [5.74, 6) is -2.55. The molecule has 0 saturated heterocycles. The second-order valence-corrected chi connectivity index (χ2v) is 8.98. The maximum Gasteiger partial charge on any atom is 0.340 e. The highest BCUT2D eigenvalue weighted by Gasteiger charge is 2.23. The standard InChI is InChI=1S/C29H39F3O4/c1-4-6-8-10-17-34-20-25(28(31)32)23-13-11-22(12-14-23)24-15-16-27(26(30)19-24)36-29(33)21(3)35-18-9-7-5-2/h11-16,19,21,25,28H,4-10,17-18,20H2,1-3H3/t21-,25+/m1/s1. The first-order valence-corrected chi connectivity index (χ1v) is 13.0. The van der Waals surface area contributed by atoms with Crippen LogP contribution in [0.25, 0.3) is 11.1 Å². The molecule has 0 aromatic heterocycles. The van der Waals surface area contributed by atoms with Crippen LogP contribution < -0.4 is 4.74 Å². The molecule has 4 nitrogen and oxygen atoms in total. The van der Waals surface area contributed by atoms with Crippen LogP contribution in [0.5, 0.6) is 5.75 Å².